The van der Waals surface area contributed by atoms with Gasteiger partial charge in [0.1, 0.15) is 12.4 Å². The van der Waals surface area contributed by atoms with Crippen LogP contribution in [0.1, 0.15) is 17.2 Å². The third-order valence-corrected chi connectivity index (χ3v) is 2.30. The Bertz CT molecular complexity index is 376. The largest absolute Gasteiger partial charge is 0.508 e. The second-order valence-electron chi connectivity index (χ2n) is 3.34. The first-order chi connectivity index (χ1) is 6.66. The first-order valence-electron chi connectivity index (χ1n) is 4.39. The van der Waals surface area contributed by atoms with Crippen LogP contribution in [0, 0.1) is 6.92 Å². The minimum atomic E-state index is -0.388. The lowest BCUT2D eigenvalue weighted by Gasteiger charge is -2.08. The van der Waals surface area contributed by atoms with Gasteiger partial charge in [-0.2, -0.15) is 0 Å². The maximum Gasteiger partial charge on any atom is 0.407 e. The number of cyclic esters (lactones) is 1. The Hall–Kier alpha value is -1.71. The Morgan fingerprint density at radius 3 is 2.93 bits per heavy atom. The summed E-state index contributed by atoms with van der Waals surface area (Å²) in [6, 6.07) is 5.15. The van der Waals surface area contributed by atoms with Gasteiger partial charge in [-0.3, -0.25) is 0 Å². The minimum absolute atomic E-state index is 0.0956. The molecule has 0 bridgehead atoms. The SMILES string of the molecule is Cc1cc(C2COC(=O)N2)ccc1O. The second-order valence-corrected chi connectivity index (χ2v) is 3.34. The second kappa shape index (κ2) is 3.21. The molecule has 1 unspecified atom stereocenters. The number of rotatable bonds is 1. The van der Waals surface area contributed by atoms with E-state index in [0.717, 1.165) is 11.1 Å². The average molecular weight is 193 g/mol. The molecule has 0 spiro atoms. The summed E-state index contributed by atoms with van der Waals surface area (Å²) < 4.78 is 4.78. The van der Waals surface area contributed by atoms with Crippen molar-refractivity contribution in [3.63, 3.8) is 0 Å². The Kier molecular flexibility index (Phi) is 2.04. The summed E-state index contributed by atoms with van der Waals surface area (Å²) in [5.41, 5.74) is 1.75. The summed E-state index contributed by atoms with van der Waals surface area (Å²) in [6.45, 7) is 2.17. The highest BCUT2D eigenvalue weighted by Crippen LogP contribution is 2.23. The monoisotopic (exact) mass is 193 g/mol. The maximum atomic E-state index is 10.8. The Labute approximate surface area is 81.5 Å². The van der Waals surface area contributed by atoms with Crippen LogP contribution in [0.15, 0.2) is 18.2 Å². The number of carbonyl (C=O) groups excluding carboxylic acids is 1. The zero-order chi connectivity index (χ0) is 10.1. The van der Waals surface area contributed by atoms with Crippen LogP contribution < -0.4 is 5.32 Å². The smallest absolute Gasteiger partial charge is 0.407 e. The molecule has 1 heterocycles. The third kappa shape index (κ3) is 1.51. The van der Waals surface area contributed by atoms with Crippen molar-refractivity contribution in [3.05, 3.63) is 29.3 Å². The lowest BCUT2D eigenvalue weighted by molar-refractivity contribution is 0.177. The predicted molar refractivity (Wildman–Crippen MR) is 50.1 cm³/mol. The van der Waals surface area contributed by atoms with Gasteiger partial charge in [0.2, 0.25) is 0 Å². The van der Waals surface area contributed by atoms with E-state index in [1.165, 1.54) is 0 Å². The van der Waals surface area contributed by atoms with Crippen molar-refractivity contribution in [2.24, 2.45) is 0 Å². The van der Waals surface area contributed by atoms with Crippen LogP contribution in [0.3, 0.4) is 0 Å². The van der Waals surface area contributed by atoms with Crippen molar-refractivity contribution in [3.8, 4) is 5.75 Å². The first-order valence-corrected chi connectivity index (χ1v) is 4.39. The van der Waals surface area contributed by atoms with Crippen molar-refractivity contribution >= 4 is 6.09 Å². The van der Waals surface area contributed by atoms with Gasteiger partial charge >= 0.3 is 6.09 Å². The van der Waals surface area contributed by atoms with Crippen molar-refractivity contribution in [2.45, 2.75) is 13.0 Å². The van der Waals surface area contributed by atoms with Crippen molar-refractivity contribution in [1.29, 1.82) is 0 Å². The highest BCUT2D eigenvalue weighted by atomic mass is 16.6. The molecule has 1 fully saturated rings. The summed E-state index contributed by atoms with van der Waals surface area (Å²) in [5, 5.41) is 12.0. The number of ether oxygens (including phenoxy) is 1. The molecule has 1 saturated heterocycles. The van der Waals surface area contributed by atoms with Gasteiger partial charge in [0, 0.05) is 0 Å². The molecule has 1 atom stereocenters. The fourth-order valence-electron chi connectivity index (χ4n) is 1.46. The number of phenols is 1. The van der Waals surface area contributed by atoms with Crippen LogP contribution in [0.2, 0.25) is 0 Å². The summed E-state index contributed by atoms with van der Waals surface area (Å²) in [4.78, 5) is 10.8. The summed E-state index contributed by atoms with van der Waals surface area (Å²) in [7, 11) is 0. The number of alkyl carbamates (subject to hydrolysis) is 1. The number of aromatic hydroxyl groups is 1. The Balaban J connectivity index is 2.24. The zero-order valence-electron chi connectivity index (χ0n) is 7.78. The highest BCUT2D eigenvalue weighted by molar-refractivity contribution is 5.70. The normalized spacial score (nSPS) is 20.4. The average Bonchev–Trinajstić information content (AvgIpc) is 2.57. The molecule has 1 amide bonds. The molecule has 0 saturated carbocycles. The lowest BCUT2D eigenvalue weighted by atomic mass is 10.1. The molecule has 2 N–H and O–H groups in total. The Morgan fingerprint density at radius 1 is 1.57 bits per heavy atom. The molecule has 4 heteroatoms. The molecule has 1 aromatic rings. The van der Waals surface area contributed by atoms with Crippen LogP contribution in [0.25, 0.3) is 0 Å². The number of aryl methyl sites for hydroxylation is 1. The molecule has 0 radical (unpaired) electrons. The predicted octanol–water partition coefficient (Wildman–Crippen LogP) is 1.48. The standard InChI is InChI=1S/C10H11NO3/c1-6-4-7(2-3-9(6)12)8-5-14-10(13)11-8/h2-4,8,12H,5H2,1H3,(H,11,13). The number of nitrogens with one attached hydrogen (secondary N) is 1. The molecule has 0 aliphatic carbocycles. The maximum absolute atomic E-state index is 10.8. The first kappa shape index (κ1) is 8.87. The van der Waals surface area contributed by atoms with Gasteiger partial charge < -0.3 is 15.2 Å². The molecule has 1 aromatic carbocycles. The van der Waals surface area contributed by atoms with E-state index in [1.54, 1.807) is 12.1 Å². The number of hydrogen-bond acceptors (Lipinski definition) is 3. The van der Waals surface area contributed by atoms with E-state index in [9.17, 15) is 9.90 Å². The van der Waals surface area contributed by atoms with Gasteiger partial charge in [0.15, 0.2) is 0 Å². The minimum Gasteiger partial charge on any atom is -0.508 e. The fourth-order valence-corrected chi connectivity index (χ4v) is 1.46. The van der Waals surface area contributed by atoms with E-state index in [0.29, 0.717) is 6.61 Å². The third-order valence-electron chi connectivity index (χ3n) is 2.30. The van der Waals surface area contributed by atoms with Gasteiger partial charge in [-0.05, 0) is 24.1 Å². The number of benzene rings is 1. The lowest BCUT2D eigenvalue weighted by Crippen LogP contribution is -2.18. The van der Waals surface area contributed by atoms with Gasteiger partial charge in [-0.25, -0.2) is 4.79 Å². The molecule has 2 rings (SSSR count). The van der Waals surface area contributed by atoms with Crippen LogP contribution in [-0.4, -0.2) is 17.8 Å². The van der Waals surface area contributed by atoms with Crippen LogP contribution in [0.4, 0.5) is 4.79 Å². The zero-order valence-corrected chi connectivity index (χ0v) is 7.78. The number of amides is 1. The molecule has 1 aliphatic rings. The number of phenolic OH excluding ortho intramolecular Hbond substituents is 1. The van der Waals surface area contributed by atoms with Gasteiger partial charge in [-0.1, -0.05) is 12.1 Å². The summed E-state index contributed by atoms with van der Waals surface area (Å²) in [5.74, 6) is 0.263. The van der Waals surface area contributed by atoms with E-state index in [1.807, 2.05) is 13.0 Å². The van der Waals surface area contributed by atoms with Gasteiger partial charge in [-0.15, -0.1) is 0 Å². The van der Waals surface area contributed by atoms with Crippen LogP contribution in [0.5, 0.6) is 5.75 Å². The molecule has 14 heavy (non-hydrogen) atoms. The number of carbonyl (C=O) groups is 1. The quantitative estimate of drug-likeness (QED) is 0.710. The van der Waals surface area contributed by atoms with Crippen LogP contribution in [-0.2, 0) is 4.74 Å². The van der Waals surface area contributed by atoms with Crippen LogP contribution >= 0.6 is 0 Å². The van der Waals surface area contributed by atoms with Crippen molar-refractivity contribution in [2.75, 3.05) is 6.61 Å². The molecule has 1 aliphatic heterocycles. The number of hydrogen-bond donors (Lipinski definition) is 2. The van der Waals surface area contributed by atoms with E-state index < -0.39 is 0 Å². The topological polar surface area (TPSA) is 58.6 Å². The molecular weight excluding hydrogens is 182 g/mol. The summed E-state index contributed by atoms with van der Waals surface area (Å²) in [6.07, 6.45) is -0.388. The Morgan fingerprint density at radius 2 is 2.36 bits per heavy atom. The van der Waals surface area contributed by atoms with Gasteiger partial charge in [0.25, 0.3) is 0 Å². The fraction of sp³-hybridized carbons (Fsp3) is 0.300. The molecule has 74 valence electrons. The summed E-state index contributed by atoms with van der Waals surface area (Å²) >= 11 is 0. The molecule has 0 aromatic heterocycles. The van der Waals surface area contributed by atoms with E-state index >= 15 is 0 Å². The van der Waals surface area contributed by atoms with E-state index in [4.69, 9.17) is 4.74 Å². The molecule has 4 nitrogen and oxygen atoms in total. The highest BCUT2D eigenvalue weighted by Gasteiger charge is 2.23. The van der Waals surface area contributed by atoms with Crippen molar-refractivity contribution in [1.82, 2.24) is 5.32 Å². The van der Waals surface area contributed by atoms with Crippen molar-refractivity contribution < 1.29 is 14.6 Å². The van der Waals surface area contributed by atoms with Gasteiger partial charge in [0.05, 0.1) is 6.04 Å². The van der Waals surface area contributed by atoms with E-state index in [-0.39, 0.29) is 17.9 Å². The van der Waals surface area contributed by atoms with E-state index in [2.05, 4.69) is 5.32 Å². The molecular formula is C10H11NO3.